The summed E-state index contributed by atoms with van der Waals surface area (Å²) in [4.78, 5) is 23.5. The van der Waals surface area contributed by atoms with Gasteiger partial charge < -0.3 is 15.4 Å². The Kier molecular flexibility index (Phi) is 4.79. The van der Waals surface area contributed by atoms with Gasteiger partial charge in [0.1, 0.15) is 17.5 Å². The Bertz CT molecular complexity index is 730. The van der Waals surface area contributed by atoms with Gasteiger partial charge in [-0.15, -0.1) is 0 Å². The fourth-order valence-electron chi connectivity index (χ4n) is 2.75. The fourth-order valence-corrected chi connectivity index (χ4v) is 2.75. The van der Waals surface area contributed by atoms with Gasteiger partial charge in [0.15, 0.2) is 0 Å². The zero-order valence-corrected chi connectivity index (χ0v) is 13.5. The summed E-state index contributed by atoms with van der Waals surface area (Å²) >= 11 is 0. The molecule has 1 aliphatic heterocycles. The number of hydrogen-bond acceptors (Lipinski definition) is 3. The van der Waals surface area contributed by atoms with Gasteiger partial charge in [0.05, 0.1) is 6.04 Å². The number of rotatable bonds is 5. The Morgan fingerprint density at radius 2 is 1.88 bits per heavy atom. The van der Waals surface area contributed by atoms with E-state index in [1.807, 2.05) is 61.5 Å². The molecule has 3 rings (SSSR count). The Morgan fingerprint density at radius 1 is 1.17 bits per heavy atom. The lowest BCUT2D eigenvalue weighted by molar-refractivity contribution is -0.126. The predicted molar refractivity (Wildman–Crippen MR) is 90.7 cm³/mol. The van der Waals surface area contributed by atoms with E-state index in [2.05, 4.69) is 10.6 Å². The minimum atomic E-state index is -0.442. The molecular formula is C19H20N2O3. The third-order valence-electron chi connectivity index (χ3n) is 4.03. The molecule has 1 fully saturated rings. The number of amides is 2. The number of carbonyl (C=O) groups is 2. The van der Waals surface area contributed by atoms with Crippen LogP contribution in [0.1, 0.15) is 31.4 Å². The van der Waals surface area contributed by atoms with Crippen molar-refractivity contribution in [3.63, 3.8) is 0 Å². The molecule has 0 aromatic heterocycles. The summed E-state index contributed by atoms with van der Waals surface area (Å²) < 4.78 is 5.93. The topological polar surface area (TPSA) is 67.4 Å². The van der Waals surface area contributed by atoms with E-state index in [-0.39, 0.29) is 17.9 Å². The van der Waals surface area contributed by atoms with Crippen molar-refractivity contribution >= 4 is 11.8 Å². The first kappa shape index (κ1) is 16.1. The summed E-state index contributed by atoms with van der Waals surface area (Å²) in [6.07, 6.45) is 0.944. The van der Waals surface area contributed by atoms with Crippen molar-refractivity contribution in [1.29, 1.82) is 0 Å². The van der Waals surface area contributed by atoms with Gasteiger partial charge in [-0.1, -0.05) is 36.4 Å². The molecule has 1 saturated heterocycles. The second-order valence-corrected chi connectivity index (χ2v) is 5.84. The van der Waals surface area contributed by atoms with Gasteiger partial charge in [-0.05, 0) is 31.5 Å². The van der Waals surface area contributed by atoms with E-state index in [9.17, 15) is 9.59 Å². The van der Waals surface area contributed by atoms with Gasteiger partial charge in [0, 0.05) is 12.0 Å². The molecular weight excluding hydrogens is 304 g/mol. The molecule has 5 heteroatoms. The third-order valence-corrected chi connectivity index (χ3v) is 4.03. The zero-order valence-electron chi connectivity index (χ0n) is 13.5. The van der Waals surface area contributed by atoms with Gasteiger partial charge >= 0.3 is 0 Å². The average Bonchev–Trinajstić information content (AvgIpc) is 3.03. The van der Waals surface area contributed by atoms with E-state index in [4.69, 9.17) is 4.74 Å². The van der Waals surface area contributed by atoms with Crippen LogP contribution in [-0.2, 0) is 9.59 Å². The number of carbonyl (C=O) groups excluding carboxylic acids is 2. The van der Waals surface area contributed by atoms with Crippen LogP contribution in [0.15, 0.2) is 54.6 Å². The maximum atomic E-state index is 12.3. The number of hydrogen-bond donors (Lipinski definition) is 2. The van der Waals surface area contributed by atoms with Crippen molar-refractivity contribution in [2.24, 2.45) is 0 Å². The maximum absolute atomic E-state index is 12.3. The molecule has 2 aromatic carbocycles. The van der Waals surface area contributed by atoms with Crippen LogP contribution < -0.4 is 15.4 Å². The molecule has 0 aliphatic carbocycles. The molecule has 0 unspecified atom stereocenters. The predicted octanol–water partition coefficient (Wildman–Crippen LogP) is 2.93. The van der Waals surface area contributed by atoms with E-state index in [0.717, 1.165) is 11.3 Å². The molecule has 2 atom stereocenters. The van der Waals surface area contributed by atoms with Crippen LogP contribution in [0.25, 0.3) is 0 Å². The highest BCUT2D eigenvalue weighted by Crippen LogP contribution is 2.29. The molecule has 0 spiro atoms. The molecule has 0 bridgehead atoms. The molecule has 124 valence electrons. The van der Waals surface area contributed by atoms with Gasteiger partial charge in [0.2, 0.25) is 11.8 Å². The molecule has 0 saturated carbocycles. The van der Waals surface area contributed by atoms with Crippen molar-refractivity contribution in [2.45, 2.75) is 31.8 Å². The molecule has 5 nitrogen and oxygen atoms in total. The summed E-state index contributed by atoms with van der Waals surface area (Å²) in [5.74, 6) is 1.21. The highest BCUT2D eigenvalue weighted by atomic mass is 16.5. The molecule has 0 radical (unpaired) electrons. The van der Waals surface area contributed by atoms with E-state index in [1.54, 1.807) is 0 Å². The summed E-state index contributed by atoms with van der Waals surface area (Å²) in [6.45, 7) is 1.90. The Hall–Kier alpha value is -2.82. The average molecular weight is 324 g/mol. The molecule has 24 heavy (non-hydrogen) atoms. The van der Waals surface area contributed by atoms with Crippen LogP contribution in [0.2, 0.25) is 0 Å². The standard InChI is InChI=1S/C19H20N2O3/c1-13(20-19(23)16-11-12-18(22)21-16)15-9-5-6-10-17(15)24-14-7-3-2-4-8-14/h2-10,13,16H,11-12H2,1H3,(H,20,23)(H,21,22)/t13-,16+/m1/s1. The van der Waals surface area contributed by atoms with Gasteiger partial charge in [-0.2, -0.15) is 0 Å². The number of ether oxygens (including phenoxy) is 1. The molecule has 1 heterocycles. The minimum Gasteiger partial charge on any atom is -0.457 e. The van der Waals surface area contributed by atoms with Crippen LogP contribution in [0.5, 0.6) is 11.5 Å². The Balaban J connectivity index is 1.71. The SMILES string of the molecule is C[C@@H](NC(=O)[C@@H]1CCC(=O)N1)c1ccccc1Oc1ccccc1. The number of nitrogens with one attached hydrogen (secondary N) is 2. The quantitative estimate of drug-likeness (QED) is 0.888. The van der Waals surface area contributed by atoms with Crippen molar-refractivity contribution in [3.8, 4) is 11.5 Å². The normalized spacial score (nSPS) is 17.9. The minimum absolute atomic E-state index is 0.0735. The highest BCUT2D eigenvalue weighted by molar-refractivity contribution is 5.90. The van der Waals surface area contributed by atoms with E-state index < -0.39 is 6.04 Å². The summed E-state index contributed by atoms with van der Waals surface area (Å²) in [6, 6.07) is 16.5. The third kappa shape index (κ3) is 3.74. The largest absolute Gasteiger partial charge is 0.457 e. The van der Waals surface area contributed by atoms with Crippen LogP contribution in [-0.4, -0.2) is 17.9 Å². The lowest BCUT2D eigenvalue weighted by atomic mass is 10.1. The molecule has 2 amide bonds. The Labute approximate surface area is 141 Å². The first-order chi connectivity index (χ1) is 11.6. The summed E-state index contributed by atoms with van der Waals surface area (Å²) in [7, 11) is 0. The second kappa shape index (κ2) is 7.17. The van der Waals surface area contributed by atoms with Crippen LogP contribution in [0, 0.1) is 0 Å². The van der Waals surface area contributed by atoms with Crippen LogP contribution in [0.4, 0.5) is 0 Å². The van der Waals surface area contributed by atoms with Crippen molar-refractivity contribution in [2.75, 3.05) is 0 Å². The Morgan fingerprint density at radius 3 is 2.58 bits per heavy atom. The van der Waals surface area contributed by atoms with Crippen molar-refractivity contribution in [3.05, 3.63) is 60.2 Å². The monoisotopic (exact) mass is 324 g/mol. The van der Waals surface area contributed by atoms with Crippen molar-refractivity contribution < 1.29 is 14.3 Å². The zero-order chi connectivity index (χ0) is 16.9. The highest BCUT2D eigenvalue weighted by Gasteiger charge is 2.28. The fraction of sp³-hybridized carbons (Fsp3) is 0.263. The first-order valence-corrected chi connectivity index (χ1v) is 8.05. The van der Waals surface area contributed by atoms with E-state index in [1.165, 1.54) is 0 Å². The lowest BCUT2D eigenvalue weighted by Gasteiger charge is -2.20. The first-order valence-electron chi connectivity index (χ1n) is 8.05. The van der Waals surface area contributed by atoms with Gasteiger partial charge in [0.25, 0.3) is 0 Å². The maximum Gasteiger partial charge on any atom is 0.243 e. The summed E-state index contributed by atoms with van der Waals surface area (Å²) in [5, 5.41) is 5.63. The second-order valence-electron chi connectivity index (χ2n) is 5.84. The van der Waals surface area contributed by atoms with Gasteiger partial charge in [-0.25, -0.2) is 0 Å². The van der Waals surface area contributed by atoms with Crippen molar-refractivity contribution in [1.82, 2.24) is 10.6 Å². The van der Waals surface area contributed by atoms with Gasteiger partial charge in [-0.3, -0.25) is 9.59 Å². The number of para-hydroxylation sites is 2. The van der Waals surface area contributed by atoms with Crippen LogP contribution in [0.3, 0.4) is 0 Å². The van der Waals surface area contributed by atoms with E-state index in [0.29, 0.717) is 18.6 Å². The van der Waals surface area contributed by atoms with Crippen LogP contribution >= 0.6 is 0 Å². The summed E-state index contributed by atoms with van der Waals surface area (Å²) in [5.41, 5.74) is 0.888. The van der Waals surface area contributed by atoms with E-state index >= 15 is 0 Å². The molecule has 1 aliphatic rings. The molecule has 2 N–H and O–H groups in total. The molecule has 2 aromatic rings. The lowest BCUT2D eigenvalue weighted by Crippen LogP contribution is -2.42. The smallest absolute Gasteiger partial charge is 0.243 e. The number of benzene rings is 2.